The molecule has 2 aromatic carbocycles. The third-order valence-electron chi connectivity index (χ3n) is 6.93. The van der Waals surface area contributed by atoms with Crippen LogP contribution in [0.25, 0.3) is 0 Å². The zero-order valence-corrected chi connectivity index (χ0v) is 15.6. The van der Waals surface area contributed by atoms with Gasteiger partial charge in [0.05, 0.1) is 16.0 Å². The van der Waals surface area contributed by atoms with Crippen LogP contribution in [-0.2, 0) is 0 Å². The molecule has 3 aliphatic heterocycles. The summed E-state index contributed by atoms with van der Waals surface area (Å²) >= 11 is 0. The number of nitro benzene ring substituents is 2. The molecule has 1 N–H and O–H groups in total. The Morgan fingerprint density at radius 3 is 1.79 bits per heavy atom. The molecule has 3 saturated heterocycles. The van der Waals surface area contributed by atoms with Gasteiger partial charge in [-0.05, 0) is 29.9 Å². The summed E-state index contributed by atoms with van der Waals surface area (Å²) in [6.07, 6.45) is 1.28. The summed E-state index contributed by atoms with van der Waals surface area (Å²) in [5, 5.41) is 33.7. The molecule has 150 valence electrons. The Labute approximate surface area is 167 Å². The maximum Gasteiger partial charge on any atom is 0.269 e. The van der Waals surface area contributed by atoms with Crippen LogP contribution >= 0.6 is 0 Å². The number of benzene rings is 2. The fourth-order valence-electron chi connectivity index (χ4n) is 5.95. The van der Waals surface area contributed by atoms with Crippen molar-refractivity contribution in [3.05, 3.63) is 79.9 Å². The second kappa shape index (κ2) is 6.60. The van der Waals surface area contributed by atoms with Crippen molar-refractivity contribution in [3.8, 4) is 0 Å². The van der Waals surface area contributed by atoms with Crippen LogP contribution in [0.1, 0.15) is 36.1 Å². The lowest BCUT2D eigenvalue weighted by Crippen LogP contribution is -2.62. The molecular formula is C21H21N3O5. The quantitative estimate of drug-likeness (QED) is 0.625. The topological polar surface area (TPSA) is 110 Å². The van der Waals surface area contributed by atoms with Crippen molar-refractivity contribution in [1.82, 2.24) is 4.90 Å². The third-order valence-corrected chi connectivity index (χ3v) is 6.93. The highest BCUT2D eigenvalue weighted by atomic mass is 16.6. The van der Waals surface area contributed by atoms with E-state index in [1.165, 1.54) is 12.1 Å². The minimum atomic E-state index is -0.531. The fourth-order valence-corrected chi connectivity index (χ4v) is 5.95. The lowest BCUT2D eigenvalue weighted by molar-refractivity contribution is -0.385. The van der Waals surface area contributed by atoms with E-state index in [0.29, 0.717) is 5.92 Å². The zero-order chi connectivity index (χ0) is 20.3. The van der Waals surface area contributed by atoms with Crippen LogP contribution in [0.4, 0.5) is 11.4 Å². The van der Waals surface area contributed by atoms with Crippen LogP contribution < -0.4 is 0 Å². The monoisotopic (exact) mass is 395 g/mol. The van der Waals surface area contributed by atoms with E-state index in [0.717, 1.165) is 30.5 Å². The Morgan fingerprint density at radius 1 is 0.862 bits per heavy atom. The van der Waals surface area contributed by atoms with Crippen LogP contribution in [-0.4, -0.2) is 32.5 Å². The van der Waals surface area contributed by atoms with E-state index in [4.69, 9.17) is 0 Å². The molecule has 1 aliphatic carbocycles. The fraction of sp³-hybridized carbons (Fsp3) is 0.429. The molecule has 1 saturated carbocycles. The number of rotatable bonds is 4. The van der Waals surface area contributed by atoms with Gasteiger partial charge in [-0.2, -0.15) is 0 Å². The number of nitrogens with zero attached hydrogens (tertiary/aromatic N) is 3. The van der Waals surface area contributed by atoms with Gasteiger partial charge in [-0.25, -0.2) is 0 Å². The Balaban J connectivity index is 1.59. The molecule has 6 rings (SSSR count). The molecule has 29 heavy (non-hydrogen) atoms. The average Bonchev–Trinajstić information content (AvgIpc) is 2.71. The minimum absolute atomic E-state index is 0.0180. The summed E-state index contributed by atoms with van der Waals surface area (Å²) in [4.78, 5) is 24.1. The van der Waals surface area contributed by atoms with Gasteiger partial charge in [-0.1, -0.05) is 24.3 Å². The second-order valence-corrected chi connectivity index (χ2v) is 8.45. The van der Waals surface area contributed by atoms with E-state index in [2.05, 4.69) is 4.90 Å². The molecule has 8 heteroatoms. The van der Waals surface area contributed by atoms with Crippen LogP contribution in [0.15, 0.2) is 48.5 Å². The average molecular weight is 395 g/mol. The number of piperidine rings is 3. The molecule has 4 bridgehead atoms. The normalized spacial score (nSPS) is 34.9. The largest absolute Gasteiger partial charge is 0.392 e. The molecule has 4 fully saturated rings. The predicted octanol–water partition coefficient (Wildman–Crippen LogP) is 3.62. The van der Waals surface area contributed by atoms with Crippen molar-refractivity contribution in [1.29, 1.82) is 0 Å². The van der Waals surface area contributed by atoms with E-state index in [9.17, 15) is 25.3 Å². The lowest BCUT2D eigenvalue weighted by atomic mass is 9.58. The van der Waals surface area contributed by atoms with Crippen molar-refractivity contribution in [2.75, 3.05) is 6.54 Å². The molecule has 2 aromatic rings. The third kappa shape index (κ3) is 2.82. The van der Waals surface area contributed by atoms with E-state index in [1.54, 1.807) is 24.3 Å². The Morgan fingerprint density at radius 2 is 1.34 bits per heavy atom. The van der Waals surface area contributed by atoms with Crippen molar-refractivity contribution in [2.24, 2.45) is 17.8 Å². The second-order valence-electron chi connectivity index (χ2n) is 8.45. The molecule has 3 heterocycles. The first-order valence-electron chi connectivity index (χ1n) is 9.86. The highest BCUT2D eigenvalue weighted by Gasteiger charge is 2.57. The Kier molecular flexibility index (Phi) is 4.15. The first-order valence-corrected chi connectivity index (χ1v) is 9.86. The summed E-state index contributed by atoms with van der Waals surface area (Å²) in [5.74, 6) is 0.521. The van der Waals surface area contributed by atoms with Gasteiger partial charge in [0.1, 0.15) is 0 Å². The van der Waals surface area contributed by atoms with Gasteiger partial charge in [0.2, 0.25) is 0 Å². The van der Waals surface area contributed by atoms with Gasteiger partial charge in [0.25, 0.3) is 11.4 Å². The van der Waals surface area contributed by atoms with Crippen molar-refractivity contribution < 1.29 is 15.0 Å². The lowest BCUT2D eigenvalue weighted by Gasteiger charge is -2.62. The number of aliphatic hydroxyl groups is 1. The number of aliphatic hydroxyl groups excluding tert-OH is 1. The van der Waals surface area contributed by atoms with Crippen molar-refractivity contribution in [2.45, 2.75) is 31.0 Å². The molecule has 0 aromatic heterocycles. The summed E-state index contributed by atoms with van der Waals surface area (Å²) < 4.78 is 0. The standard InChI is InChI=1S/C21H21N3O5/c25-21-17-7-12-8-18(21)20(14-4-2-6-16(10-14)24(28)29)22(11-12)19(17)13-3-1-5-15(9-13)23(26)27/h1-6,9-10,12,17-21,25H,7-8,11H2/t12?,17-,18+,19-,20-,21?/m1/s1. The Bertz CT molecular complexity index is 920. The van der Waals surface area contributed by atoms with E-state index in [1.807, 2.05) is 12.1 Å². The van der Waals surface area contributed by atoms with Gasteiger partial charge < -0.3 is 5.11 Å². The van der Waals surface area contributed by atoms with Gasteiger partial charge in [-0.15, -0.1) is 0 Å². The summed E-state index contributed by atoms with van der Waals surface area (Å²) in [7, 11) is 0. The maximum absolute atomic E-state index is 11.3. The highest BCUT2D eigenvalue weighted by Crippen LogP contribution is 2.59. The summed E-state index contributed by atoms with van der Waals surface area (Å²) in [6, 6.07) is 13.0. The molecule has 4 aliphatic rings. The first kappa shape index (κ1) is 18.2. The molecular weight excluding hydrogens is 374 g/mol. The van der Waals surface area contributed by atoms with E-state index in [-0.39, 0.29) is 35.3 Å². The number of non-ortho nitro benzene ring substituents is 2. The number of nitro groups is 2. The molecule has 0 spiro atoms. The van der Waals surface area contributed by atoms with Crippen LogP contribution in [0.5, 0.6) is 0 Å². The van der Waals surface area contributed by atoms with E-state index >= 15 is 0 Å². The minimum Gasteiger partial charge on any atom is -0.392 e. The number of hydrogen-bond acceptors (Lipinski definition) is 6. The Hall–Kier alpha value is -2.84. The predicted molar refractivity (Wildman–Crippen MR) is 104 cm³/mol. The molecule has 8 nitrogen and oxygen atoms in total. The number of hydrogen-bond donors (Lipinski definition) is 1. The van der Waals surface area contributed by atoms with Crippen LogP contribution in [0.2, 0.25) is 0 Å². The summed E-state index contributed by atoms with van der Waals surface area (Å²) in [6.45, 7) is 0.834. The smallest absolute Gasteiger partial charge is 0.269 e. The molecule has 0 amide bonds. The molecule has 7 atom stereocenters. The van der Waals surface area contributed by atoms with Gasteiger partial charge >= 0.3 is 0 Å². The van der Waals surface area contributed by atoms with E-state index < -0.39 is 16.0 Å². The van der Waals surface area contributed by atoms with Crippen LogP contribution in [0, 0.1) is 38.0 Å². The van der Waals surface area contributed by atoms with Crippen molar-refractivity contribution >= 4 is 11.4 Å². The first-order chi connectivity index (χ1) is 13.9. The van der Waals surface area contributed by atoms with Crippen molar-refractivity contribution in [3.63, 3.8) is 0 Å². The molecule has 3 unspecified atom stereocenters. The zero-order valence-electron chi connectivity index (χ0n) is 15.6. The summed E-state index contributed by atoms with van der Waals surface area (Å²) in [5.41, 5.74) is 1.74. The maximum atomic E-state index is 11.3. The van der Waals surface area contributed by atoms with Gasteiger partial charge in [0, 0.05) is 54.7 Å². The molecule has 0 radical (unpaired) electrons. The van der Waals surface area contributed by atoms with Gasteiger partial charge in [0.15, 0.2) is 0 Å². The van der Waals surface area contributed by atoms with Gasteiger partial charge in [-0.3, -0.25) is 25.1 Å². The highest BCUT2D eigenvalue weighted by molar-refractivity contribution is 5.40. The SMILES string of the molecule is O=[N+]([O-])c1cccc([C@@H]2[C@@H]3CC4C[C@@H](C3O)[C@@H](c3cccc([N+](=O)[O-])c3)N2C4)c1. The van der Waals surface area contributed by atoms with Crippen LogP contribution in [0.3, 0.4) is 0 Å².